The molecular formula is C13H19N3S. The summed E-state index contributed by atoms with van der Waals surface area (Å²) in [6.45, 7) is 2.20. The normalized spacial score (nSPS) is 13.1. The van der Waals surface area contributed by atoms with E-state index in [1.165, 1.54) is 22.5 Å². The fourth-order valence-electron chi connectivity index (χ4n) is 1.91. The molecule has 4 heteroatoms. The van der Waals surface area contributed by atoms with Crippen molar-refractivity contribution < 1.29 is 0 Å². The maximum absolute atomic E-state index is 5.58. The average molecular weight is 249 g/mol. The molecule has 92 valence electrons. The number of nitrogens with one attached hydrogen (secondary N) is 1. The van der Waals surface area contributed by atoms with Gasteiger partial charge in [0.05, 0.1) is 15.2 Å². The van der Waals surface area contributed by atoms with Crippen LogP contribution in [0.4, 0.5) is 0 Å². The number of fused-ring (bicyclic) bond motifs is 1. The molecule has 1 aromatic carbocycles. The predicted octanol–water partition coefficient (Wildman–Crippen LogP) is 2.86. The van der Waals surface area contributed by atoms with Gasteiger partial charge in [-0.1, -0.05) is 31.9 Å². The van der Waals surface area contributed by atoms with Crippen LogP contribution in [0.15, 0.2) is 24.3 Å². The summed E-state index contributed by atoms with van der Waals surface area (Å²) in [4.78, 5) is 4.63. The van der Waals surface area contributed by atoms with Crippen molar-refractivity contribution >= 4 is 21.6 Å². The van der Waals surface area contributed by atoms with E-state index in [9.17, 15) is 0 Å². The summed E-state index contributed by atoms with van der Waals surface area (Å²) in [6.07, 6.45) is 4.45. The van der Waals surface area contributed by atoms with Gasteiger partial charge in [-0.2, -0.15) is 0 Å². The Morgan fingerprint density at radius 2 is 2.24 bits per heavy atom. The number of hydrazine groups is 1. The summed E-state index contributed by atoms with van der Waals surface area (Å²) in [7, 11) is 0. The Morgan fingerprint density at radius 3 is 2.94 bits per heavy atom. The van der Waals surface area contributed by atoms with Gasteiger partial charge in [-0.15, -0.1) is 11.3 Å². The molecule has 0 saturated heterocycles. The summed E-state index contributed by atoms with van der Waals surface area (Å²) < 4.78 is 1.26. The Balaban J connectivity index is 2.06. The van der Waals surface area contributed by atoms with Crippen LogP contribution in [-0.2, 0) is 6.42 Å². The highest BCUT2D eigenvalue weighted by Crippen LogP contribution is 2.23. The molecule has 1 atom stereocenters. The Morgan fingerprint density at radius 1 is 1.41 bits per heavy atom. The highest BCUT2D eigenvalue weighted by molar-refractivity contribution is 7.18. The number of nitrogens with zero attached hydrogens (tertiary/aromatic N) is 1. The van der Waals surface area contributed by atoms with Gasteiger partial charge in [-0.05, 0) is 18.6 Å². The first-order chi connectivity index (χ1) is 8.33. The molecule has 3 N–H and O–H groups in total. The number of unbranched alkanes of at least 4 members (excludes halogenated alkanes) is 1. The zero-order chi connectivity index (χ0) is 12.1. The molecule has 0 radical (unpaired) electrons. The SMILES string of the molecule is CCCCC(Cc1nc2ccccc2s1)NN. The van der Waals surface area contributed by atoms with E-state index in [2.05, 4.69) is 35.5 Å². The van der Waals surface area contributed by atoms with Crippen molar-refractivity contribution in [3.8, 4) is 0 Å². The number of hydrogen-bond acceptors (Lipinski definition) is 4. The van der Waals surface area contributed by atoms with E-state index in [0.29, 0.717) is 6.04 Å². The van der Waals surface area contributed by atoms with Crippen LogP contribution in [0.25, 0.3) is 10.2 Å². The minimum Gasteiger partial charge on any atom is -0.271 e. The Kier molecular flexibility index (Phi) is 4.48. The lowest BCUT2D eigenvalue weighted by atomic mass is 10.1. The molecule has 0 saturated carbocycles. The number of hydrogen-bond donors (Lipinski definition) is 2. The van der Waals surface area contributed by atoms with Crippen molar-refractivity contribution in [3.63, 3.8) is 0 Å². The van der Waals surface area contributed by atoms with Crippen LogP contribution in [0.3, 0.4) is 0 Å². The first-order valence-corrected chi connectivity index (χ1v) is 6.95. The second kappa shape index (κ2) is 6.10. The second-order valence-electron chi connectivity index (χ2n) is 4.29. The molecule has 1 unspecified atom stereocenters. The molecule has 2 rings (SSSR count). The summed E-state index contributed by atoms with van der Waals surface area (Å²) >= 11 is 1.77. The minimum atomic E-state index is 0.343. The Bertz CT molecular complexity index is 433. The van der Waals surface area contributed by atoms with E-state index in [-0.39, 0.29) is 0 Å². The molecule has 0 spiro atoms. The van der Waals surface area contributed by atoms with Crippen LogP contribution in [0, 0.1) is 0 Å². The van der Waals surface area contributed by atoms with E-state index in [1.807, 2.05) is 6.07 Å². The molecule has 17 heavy (non-hydrogen) atoms. The minimum absolute atomic E-state index is 0.343. The molecule has 0 aliphatic rings. The summed E-state index contributed by atoms with van der Waals surface area (Å²) in [5.41, 5.74) is 3.99. The number of para-hydroxylation sites is 1. The van der Waals surface area contributed by atoms with Gasteiger partial charge < -0.3 is 0 Å². The third kappa shape index (κ3) is 3.25. The molecule has 0 bridgehead atoms. The number of thiazole rings is 1. The lowest BCUT2D eigenvalue weighted by molar-refractivity contribution is 0.473. The third-order valence-electron chi connectivity index (χ3n) is 2.90. The van der Waals surface area contributed by atoms with Gasteiger partial charge in [0.2, 0.25) is 0 Å². The van der Waals surface area contributed by atoms with E-state index < -0.39 is 0 Å². The van der Waals surface area contributed by atoms with Crippen molar-refractivity contribution in [3.05, 3.63) is 29.3 Å². The third-order valence-corrected chi connectivity index (χ3v) is 3.96. The lowest BCUT2D eigenvalue weighted by Crippen LogP contribution is -2.36. The first kappa shape index (κ1) is 12.5. The highest BCUT2D eigenvalue weighted by Gasteiger charge is 2.10. The second-order valence-corrected chi connectivity index (χ2v) is 5.40. The van der Waals surface area contributed by atoms with E-state index >= 15 is 0 Å². The molecule has 1 aromatic heterocycles. The van der Waals surface area contributed by atoms with Crippen molar-refractivity contribution in [2.75, 3.05) is 0 Å². The van der Waals surface area contributed by atoms with Crippen molar-refractivity contribution in [2.24, 2.45) is 5.84 Å². The molecule has 3 nitrogen and oxygen atoms in total. The van der Waals surface area contributed by atoms with Gasteiger partial charge >= 0.3 is 0 Å². The number of rotatable bonds is 6. The molecular weight excluding hydrogens is 230 g/mol. The van der Waals surface area contributed by atoms with Crippen molar-refractivity contribution in [2.45, 2.75) is 38.6 Å². The standard InChI is InChI=1S/C13H19N3S/c1-2-3-6-10(16-14)9-13-15-11-7-4-5-8-12(11)17-13/h4-5,7-8,10,16H,2-3,6,9,14H2,1H3. The quantitative estimate of drug-likeness (QED) is 0.611. The van der Waals surface area contributed by atoms with Crippen LogP contribution < -0.4 is 11.3 Å². The van der Waals surface area contributed by atoms with Crippen molar-refractivity contribution in [1.82, 2.24) is 10.4 Å². The van der Waals surface area contributed by atoms with E-state index in [0.717, 1.165) is 18.4 Å². The molecule has 0 aliphatic heterocycles. The summed E-state index contributed by atoms with van der Waals surface area (Å²) in [6, 6.07) is 8.61. The fourth-order valence-corrected chi connectivity index (χ4v) is 2.96. The van der Waals surface area contributed by atoms with Crippen LogP contribution in [0.5, 0.6) is 0 Å². The number of aromatic nitrogens is 1. The van der Waals surface area contributed by atoms with Gasteiger partial charge in [0, 0.05) is 12.5 Å². The fraction of sp³-hybridized carbons (Fsp3) is 0.462. The topological polar surface area (TPSA) is 50.9 Å². The Hall–Kier alpha value is -0.970. The van der Waals surface area contributed by atoms with Gasteiger partial charge in [0.25, 0.3) is 0 Å². The molecule has 0 fully saturated rings. The highest BCUT2D eigenvalue weighted by atomic mass is 32.1. The van der Waals surface area contributed by atoms with Crippen LogP contribution in [-0.4, -0.2) is 11.0 Å². The molecule has 2 aromatic rings. The van der Waals surface area contributed by atoms with Gasteiger partial charge in [-0.3, -0.25) is 11.3 Å². The van der Waals surface area contributed by atoms with Gasteiger partial charge in [0.1, 0.15) is 0 Å². The first-order valence-electron chi connectivity index (χ1n) is 6.14. The van der Waals surface area contributed by atoms with Crippen LogP contribution in [0.1, 0.15) is 31.2 Å². The largest absolute Gasteiger partial charge is 0.271 e. The van der Waals surface area contributed by atoms with Crippen LogP contribution in [0.2, 0.25) is 0 Å². The number of nitrogens with two attached hydrogens (primary N) is 1. The molecule has 1 heterocycles. The van der Waals surface area contributed by atoms with E-state index in [1.54, 1.807) is 11.3 Å². The van der Waals surface area contributed by atoms with Gasteiger partial charge in [0.15, 0.2) is 0 Å². The Labute approximate surface area is 106 Å². The molecule has 0 aliphatic carbocycles. The molecule has 0 amide bonds. The average Bonchev–Trinajstić information content (AvgIpc) is 2.76. The predicted molar refractivity (Wildman–Crippen MR) is 74.0 cm³/mol. The smallest absolute Gasteiger partial charge is 0.0954 e. The summed E-state index contributed by atoms with van der Waals surface area (Å²) in [5.74, 6) is 5.58. The van der Waals surface area contributed by atoms with Crippen LogP contribution >= 0.6 is 11.3 Å². The van der Waals surface area contributed by atoms with E-state index in [4.69, 9.17) is 5.84 Å². The maximum Gasteiger partial charge on any atom is 0.0954 e. The zero-order valence-electron chi connectivity index (χ0n) is 10.1. The monoisotopic (exact) mass is 249 g/mol. The summed E-state index contributed by atoms with van der Waals surface area (Å²) in [5, 5.41) is 1.17. The van der Waals surface area contributed by atoms with Crippen molar-refractivity contribution in [1.29, 1.82) is 0 Å². The maximum atomic E-state index is 5.58. The van der Waals surface area contributed by atoms with Gasteiger partial charge in [-0.25, -0.2) is 4.98 Å². The number of benzene rings is 1. The zero-order valence-corrected chi connectivity index (χ0v) is 11.0. The lowest BCUT2D eigenvalue weighted by Gasteiger charge is -2.13.